The van der Waals surface area contributed by atoms with E-state index in [9.17, 15) is 4.79 Å². The molecule has 0 saturated carbocycles. The molecule has 2 aliphatic heterocycles. The molecule has 2 fully saturated rings. The maximum absolute atomic E-state index is 12.1. The van der Waals surface area contributed by atoms with Gasteiger partial charge < -0.3 is 20.1 Å². The van der Waals surface area contributed by atoms with Crippen LogP contribution >= 0.6 is 0 Å². The summed E-state index contributed by atoms with van der Waals surface area (Å²) in [7, 11) is 0. The first-order chi connectivity index (χ1) is 8.79. The summed E-state index contributed by atoms with van der Waals surface area (Å²) in [5.41, 5.74) is 0. The summed E-state index contributed by atoms with van der Waals surface area (Å²) >= 11 is 0. The smallest absolute Gasteiger partial charge is 0.222 e. The number of morpholine rings is 1. The van der Waals surface area contributed by atoms with Crippen LogP contribution in [-0.2, 0) is 9.53 Å². The zero-order valence-corrected chi connectivity index (χ0v) is 10.9. The van der Waals surface area contributed by atoms with Gasteiger partial charge in [0.2, 0.25) is 5.91 Å². The first kappa shape index (κ1) is 13.8. The van der Waals surface area contributed by atoms with Gasteiger partial charge in [0, 0.05) is 25.6 Å². The van der Waals surface area contributed by atoms with E-state index in [2.05, 4.69) is 5.32 Å². The number of aliphatic hydroxyl groups is 1. The van der Waals surface area contributed by atoms with E-state index < -0.39 is 0 Å². The minimum absolute atomic E-state index is 0.00599. The van der Waals surface area contributed by atoms with Gasteiger partial charge in [0.1, 0.15) is 0 Å². The first-order valence-electron chi connectivity index (χ1n) is 7.03. The number of aliphatic hydroxyl groups excluding tert-OH is 1. The molecule has 2 unspecified atom stereocenters. The van der Waals surface area contributed by atoms with Crippen molar-refractivity contribution in [3.8, 4) is 0 Å². The molecule has 2 N–H and O–H groups in total. The molecule has 2 atom stereocenters. The number of ether oxygens (including phenoxy) is 1. The van der Waals surface area contributed by atoms with Crippen molar-refractivity contribution >= 4 is 5.91 Å². The van der Waals surface area contributed by atoms with Gasteiger partial charge >= 0.3 is 0 Å². The van der Waals surface area contributed by atoms with Crippen molar-refractivity contribution in [1.29, 1.82) is 0 Å². The molecule has 1 amide bonds. The Hall–Kier alpha value is -0.650. The van der Waals surface area contributed by atoms with E-state index in [4.69, 9.17) is 9.84 Å². The fourth-order valence-electron chi connectivity index (χ4n) is 2.68. The fraction of sp³-hybridized carbons (Fsp3) is 0.923. The van der Waals surface area contributed by atoms with Crippen LogP contribution in [0.15, 0.2) is 0 Å². The SMILES string of the molecule is O=C(CCC1CCCCN1)N1CCOC(CO)C1. The topological polar surface area (TPSA) is 61.8 Å². The molecule has 0 aromatic carbocycles. The zero-order chi connectivity index (χ0) is 12.8. The number of nitrogens with zero attached hydrogens (tertiary/aromatic N) is 1. The van der Waals surface area contributed by atoms with E-state index >= 15 is 0 Å². The lowest BCUT2D eigenvalue weighted by atomic mass is 10.0. The van der Waals surface area contributed by atoms with E-state index in [-0.39, 0.29) is 18.6 Å². The van der Waals surface area contributed by atoms with Gasteiger partial charge in [0.25, 0.3) is 0 Å². The molecule has 0 radical (unpaired) electrons. The van der Waals surface area contributed by atoms with Gasteiger partial charge in [-0.3, -0.25) is 4.79 Å². The zero-order valence-electron chi connectivity index (χ0n) is 10.9. The third-order valence-corrected chi connectivity index (χ3v) is 3.81. The van der Waals surface area contributed by atoms with Crippen LogP contribution in [0.2, 0.25) is 0 Å². The van der Waals surface area contributed by atoms with Crippen LogP contribution in [-0.4, -0.2) is 60.9 Å². The highest BCUT2D eigenvalue weighted by atomic mass is 16.5. The second-order valence-corrected chi connectivity index (χ2v) is 5.20. The number of piperidine rings is 1. The molecule has 2 saturated heterocycles. The summed E-state index contributed by atoms with van der Waals surface area (Å²) in [5.74, 6) is 0.198. The van der Waals surface area contributed by atoms with E-state index in [0.717, 1.165) is 13.0 Å². The molecule has 18 heavy (non-hydrogen) atoms. The van der Waals surface area contributed by atoms with Gasteiger partial charge in [-0.1, -0.05) is 6.42 Å². The minimum Gasteiger partial charge on any atom is -0.394 e. The molecule has 5 nitrogen and oxygen atoms in total. The molecule has 0 aromatic rings. The normalized spacial score (nSPS) is 29.3. The molecule has 0 spiro atoms. The predicted molar refractivity (Wildman–Crippen MR) is 68.3 cm³/mol. The Bertz CT molecular complexity index is 267. The molecule has 104 valence electrons. The molecule has 2 heterocycles. The van der Waals surface area contributed by atoms with Crippen LogP contribution in [0.3, 0.4) is 0 Å². The molecule has 5 heteroatoms. The van der Waals surface area contributed by atoms with E-state index in [1.54, 1.807) is 0 Å². The minimum atomic E-state index is -0.199. The van der Waals surface area contributed by atoms with Gasteiger partial charge in [-0.05, 0) is 25.8 Å². The van der Waals surface area contributed by atoms with Gasteiger partial charge in [-0.15, -0.1) is 0 Å². The van der Waals surface area contributed by atoms with Gasteiger partial charge in [-0.2, -0.15) is 0 Å². The average molecular weight is 256 g/mol. The number of amides is 1. The van der Waals surface area contributed by atoms with Gasteiger partial charge in [0.15, 0.2) is 0 Å². The van der Waals surface area contributed by atoms with Crippen molar-refractivity contribution in [2.45, 2.75) is 44.2 Å². The Morgan fingerprint density at radius 2 is 2.33 bits per heavy atom. The van der Waals surface area contributed by atoms with Crippen molar-refractivity contribution in [2.24, 2.45) is 0 Å². The lowest BCUT2D eigenvalue weighted by Crippen LogP contribution is -2.47. The standard InChI is InChI=1S/C13H24N2O3/c16-10-12-9-15(7-8-18-12)13(17)5-4-11-3-1-2-6-14-11/h11-12,14,16H,1-10H2. The number of rotatable bonds is 4. The predicted octanol–water partition coefficient (Wildman–Crippen LogP) is 0.128. The lowest BCUT2D eigenvalue weighted by Gasteiger charge is -2.32. The van der Waals surface area contributed by atoms with Crippen molar-refractivity contribution in [2.75, 3.05) is 32.8 Å². The Balaban J connectivity index is 1.70. The molecule has 2 aliphatic rings. The maximum atomic E-state index is 12.1. The number of carbonyl (C=O) groups excluding carboxylic acids is 1. The number of hydrogen-bond donors (Lipinski definition) is 2. The highest BCUT2D eigenvalue weighted by molar-refractivity contribution is 5.76. The Kier molecular flexibility index (Phi) is 5.41. The quantitative estimate of drug-likeness (QED) is 0.750. The Labute approximate surface area is 108 Å². The van der Waals surface area contributed by atoms with Crippen molar-refractivity contribution in [3.63, 3.8) is 0 Å². The summed E-state index contributed by atoms with van der Waals surface area (Å²) in [4.78, 5) is 13.9. The third kappa shape index (κ3) is 3.93. The molecule has 2 rings (SSSR count). The number of nitrogens with one attached hydrogen (secondary N) is 1. The van der Waals surface area contributed by atoms with Gasteiger partial charge in [0.05, 0.1) is 19.3 Å². The van der Waals surface area contributed by atoms with E-state index in [1.165, 1.54) is 19.3 Å². The summed E-state index contributed by atoms with van der Waals surface area (Å²) in [5, 5.41) is 12.5. The van der Waals surface area contributed by atoms with E-state index in [0.29, 0.717) is 32.2 Å². The number of hydrogen-bond acceptors (Lipinski definition) is 4. The Morgan fingerprint density at radius 3 is 3.06 bits per heavy atom. The highest BCUT2D eigenvalue weighted by Gasteiger charge is 2.24. The van der Waals surface area contributed by atoms with Crippen molar-refractivity contribution < 1.29 is 14.6 Å². The summed E-state index contributed by atoms with van der Waals surface area (Å²) in [6.07, 6.45) is 5.06. The third-order valence-electron chi connectivity index (χ3n) is 3.81. The second-order valence-electron chi connectivity index (χ2n) is 5.20. The molecule has 0 aromatic heterocycles. The lowest BCUT2D eigenvalue weighted by molar-refractivity contribution is -0.140. The molecular formula is C13H24N2O3. The van der Waals surface area contributed by atoms with E-state index in [1.807, 2.05) is 4.90 Å². The summed E-state index contributed by atoms with van der Waals surface area (Å²) < 4.78 is 5.35. The Morgan fingerprint density at radius 1 is 1.44 bits per heavy atom. The fourth-order valence-corrected chi connectivity index (χ4v) is 2.68. The largest absolute Gasteiger partial charge is 0.394 e. The van der Waals surface area contributed by atoms with Crippen molar-refractivity contribution in [1.82, 2.24) is 10.2 Å². The van der Waals surface area contributed by atoms with Crippen molar-refractivity contribution in [3.05, 3.63) is 0 Å². The second kappa shape index (κ2) is 7.07. The first-order valence-corrected chi connectivity index (χ1v) is 7.03. The average Bonchev–Trinajstić information content (AvgIpc) is 2.46. The van der Waals surface area contributed by atoms with Crippen LogP contribution in [0.5, 0.6) is 0 Å². The van der Waals surface area contributed by atoms with Crippen LogP contribution in [0.25, 0.3) is 0 Å². The van der Waals surface area contributed by atoms with Crippen LogP contribution < -0.4 is 5.32 Å². The summed E-state index contributed by atoms with van der Waals surface area (Å²) in [6, 6.07) is 0.511. The summed E-state index contributed by atoms with van der Waals surface area (Å²) in [6.45, 7) is 2.82. The van der Waals surface area contributed by atoms with Crippen LogP contribution in [0.1, 0.15) is 32.1 Å². The van der Waals surface area contributed by atoms with Crippen LogP contribution in [0, 0.1) is 0 Å². The van der Waals surface area contributed by atoms with Gasteiger partial charge in [-0.25, -0.2) is 0 Å². The molecular weight excluding hydrogens is 232 g/mol. The van der Waals surface area contributed by atoms with Crippen LogP contribution in [0.4, 0.5) is 0 Å². The molecule has 0 aliphatic carbocycles. The maximum Gasteiger partial charge on any atom is 0.222 e. The number of carbonyl (C=O) groups is 1. The highest BCUT2D eigenvalue weighted by Crippen LogP contribution is 2.14. The molecule has 0 bridgehead atoms. The monoisotopic (exact) mass is 256 g/mol.